The molecule has 0 bridgehead atoms. The Labute approximate surface area is 147 Å². The van der Waals surface area contributed by atoms with Crippen LogP contribution in [0.25, 0.3) is 0 Å². The molecule has 2 fully saturated rings. The summed E-state index contributed by atoms with van der Waals surface area (Å²) in [6.45, 7) is 3.94. The molecule has 1 aliphatic heterocycles. The summed E-state index contributed by atoms with van der Waals surface area (Å²) in [6.07, 6.45) is 4.52. The monoisotopic (exact) mass is 355 g/mol. The summed E-state index contributed by atoms with van der Waals surface area (Å²) in [5.74, 6) is 0.613. The molecule has 1 aliphatic carbocycles. The molecule has 0 radical (unpaired) electrons. The lowest BCUT2D eigenvalue weighted by atomic mass is 10.1. The Balaban J connectivity index is 1.57. The molecular weight excluding hydrogens is 333 g/mol. The van der Waals surface area contributed by atoms with Crippen LogP contribution in [0.5, 0.6) is 0 Å². The zero-order valence-corrected chi connectivity index (χ0v) is 14.7. The summed E-state index contributed by atoms with van der Waals surface area (Å²) in [6, 6.07) is 3.52. The Morgan fingerprint density at radius 1 is 1.13 bits per heavy atom. The lowest BCUT2D eigenvalue weighted by molar-refractivity contribution is -0.137. The molecule has 1 saturated heterocycles. The number of rotatable bonds is 3. The number of anilines is 1. The Bertz CT molecular complexity index is 579. The molecule has 4 nitrogen and oxygen atoms in total. The Hall–Kier alpha value is -0.970. The second-order valence-corrected chi connectivity index (χ2v) is 7.30. The van der Waals surface area contributed by atoms with Crippen molar-refractivity contribution >= 4 is 34.8 Å². The Kier molecular flexibility index (Phi) is 5.34. The van der Waals surface area contributed by atoms with E-state index < -0.39 is 0 Å². The number of hydrogen-bond acceptors (Lipinski definition) is 3. The van der Waals surface area contributed by atoms with Gasteiger partial charge in [-0.2, -0.15) is 0 Å². The number of hydrogen-bond donors (Lipinski definition) is 1. The second-order valence-electron chi connectivity index (χ2n) is 6.51. The number of carbonyl (C=O) groups excluding carboxylic acids is 1. The van der Waals surface area contributed by atoms with Crippen molar-refractivity contribution < 1.29 is 4.79 Å². The van der Waals surface area contributed by atoms with Gasteiger partial charge in [0.05, 0.1) is 10.7 Å². The van der Waals surface area contributed by atoms with E-state index >= 15 is 0 Å². The minimum absolute atomic E-state index is 0.263. The molecule has 1 saturated carbocycles. The van der Waals surface area contributed by atoms with E-state index in [1.54, 1.807) is 12.1 Å². The van der Waals surface area contributed by atoms with Gasteiger partial charge in [0.25, 0.3) is 0 Å². The number of halogens is 2. The van der Waals surface area contributed by atoms with Crippen molar-refractivity contribution in [2.24, 2.45) is 5.92 Å². The molecule has 1 aromatic rings. The van der Waals surface area contributed by atoms with Gasteiger partial charge < -0.3 is 10.6 Å². The Morgan fingerprint density at radius 2 is 1.78 bits per heavy atom. The van der Waals surface area contributed by atoms with E-state index in [0.29, 0.717) is 28.2 Å². The summed E-state index contributed by atoms with van der Waals surface area (Å²) in [5.41, 5.74) is 7.30. The third-order valence-electron chi connectivity index (χ3n) is 4.99. The molecule has 2 N–H and O–H groups in total. The van der Waals surface area contributed by atoms with Gasteiger partial charge in [0, 0.05) is 49.2 Å². The maximum absolute atomic E-state index is 12.5. The minimum atomic E-state index is 0.263. The smallest absolute Gasteiger partial charge is 0.225 e. The van der Waals surface area contributed by atoms with Crippen LogP contribution in [0.1, 0.15) is 31.2 Å². The fourth-order valence-electron chi connectivity index (χ4n) is 3.54. The minimum Gasteiger partial charge on any atom is -0.398 e. The number of carbonyl (C=O) groups is 1. The van der Waals surface area contributed by atoms with E-state index in [9.17, 15) is 4.79 Å². The second kappa shape index (κ2) is 7.29. The molecule has 1 aromatic carbocycles. The van der Waals surface area contributed by atoms with Gasteiger partial charge in [-0.1, -0.05) is 36.0 Å². The van der Waals surface area contributed by atoms with E-state index in [1.807, 2.05) is 4.90 Å². The lowest BCUT2D eigenvalue weighted by Crippen LogP contribution is -2.49. The van der Waals surface area contributed by atoms with Gasteiger partial charge in [0.1, 0.15) is 0 Å². The number of amides is 1. The van der Waals surface area contributed by atoms with E-state index in [0.717, 1.165) is 44.6 Å². The number of piperazine rings is 1. The molecule has 3 rings (SSSR count). The highest BCUT2D eigenvalue weighted by Crippen LogP contribution is 2.31. The van der Waals surface area contributed by atoms with Crippen LogP contribution in [0.15, 0.2) is 12.1 Å². The van der Waals surface area contributed by atoms with Crippen molar-refractivity contribution in [1.82, 2.24) is 9.80 Å². The molecule has 1 heterocycles. The number of benzene rings is 1. The number of nitrogens with two attached hydrogens (primary N) is 1. The van der Waals surface area contributed by atoms with Crippen LogP contribution in [0, 0.1) is 5.92 Å². The standard InChI is InChI=1S/C17H23Cl2N3O/c18-14-5-6-15(20)16(19)13(14)11-21-7-9-22(10-8-21)17(23)12-3-1-2-4-12/h5-6,12H,1-4,7-11,20H2. The largest absolute Gasteiger partial charge is 0.398 e. The number of nitrogen functional groups attached to an aromatic ring is 1. The summed E-state index contributed by atoms with van der Waals surface area (Å²) < 4.78 is 0. The zero-order valence-electron chi connectivity index (χ0n) is 13.2. The van der Waals surface area contributed by atoms with Gasteiger partial charge in [0.15, 0.2) is 0 Å². The predicted molar refractivity (Wildman–Crippen MR) is 94.7 cm³/mol. The van der Waals surface area contributed by atoms with Gasteiger partial charge in [-0.05, 0) is 25.0 Å². The van der Waals surface area contributed by atoms with Crippen molar-refractivity contribution in [2.45, 2.75) is 32.2 Å². The van der Waals surface area contributed by atoms with Crippen LogP contribution < -0.4 is 5.73 Å². The average molecular weight is 356 g/mol. The van der Waals surface area contributed by atoms with E-state index in [1.165, 1.54) is 12.8 Å². The molecule has 126 valence electrons. The van der Waals surface area contributed by atoms with Crippen LogP contribution in [0.3, 0.4) is 0 Å². The van der Waals surface area contributed by atoms with Crippen LogP contribution in [-0.4, -0.2) is 41.9 Å². The third-order valence-corrected chi connectivity index (χ3v) is 5.79. The maximum atomic E-state index is 12.5. The first-order chi connectivity index (χ1) is 11.1. The fraction of sp³-hybridized carbons (Fsp3) is 0.588. The molecule has 0 spiro atoms. The van der Waals surface area contributed by atoms with Gasteiger partial charge in [0.2, 0.25) is 5.91 Å². The molecule has 0 atom stereocenters. The summed E-state index contributed by atoms with van der Waals surface area (Å²) in [7, 11) is 0. The predicted octanol–water partition coefficient (Wildman–Crippen LogP) is 3.41. The third kappa shape index (κ3) is 3.76. The van der Waals surface area contributed by atoms with Crippen molar-refractivity contribution in [3.8, 4) is 0 Å². The molecule has 0 aromatic heterocycles. The molecule has 0 unspecified atom stereocenters. The first-order valence-corrected chi connectivity index (χ1v) is 9.05. The quantitative estimate of drug-likeness (QED) is 0.845. The molecular formula is C17H23Cl2N3O. The first kappa shape index (κ1) is 16.9. The van der Waals surface area contributed by atoms with Gasteiger partial charge in [-0.3, -0.25) is 9.69 Å². The number of nitrogens with zero attached hydrogens (tertiary/aromatic N) is 2. The van der Waals surface area contributed by atoms with Crippen molar-refractivity contribution in [1.29, 1.82) is 0 Å². The SMILES string of the molecule is Nc1ccc(Cl)c(CN2CCN(C(=O)C3CCCC3)CC2)c1Cl. The molecule has 2 aliphatic rings. The van der Waals surface area contributed by atoms with Crippen LogP contribution in [0.2, 0.25) is 10.0 Å². The normalized spacial score (nSPS) is 20.2. The van der Waals surface area contributed by atoms with E-state index in [2.05, 4.69) is 4.90 Å². The fourth-order valence-corrected chi connectivity index (χ4v) is 4.03. The van der Waals surface area contributed by atoms with E-state index in [-0.39, 0.29) is 5.92 Å². The molecule has 6 heteroatoms. The van der Waals surface area contributed by atoms with Crippen molar-refractivity contribution in [3.63, 3.8) is 0 Å². The van der Waals surface area contributed by atoms with Gasteiger partial charge >= 0.3 is 0 Å². The van der Waals surface area contributed by atoms with Gasteiger partial charge in [-0.15, -0.1) is 0 Å². The van der Waals surface area contributed by atoms with Crippen molar-refractivity contribution in [2.75, 3.05) is 31.9 Å². The van der Waals surface area contributed by atoms with Gasteiger partial charge in [-0.25, -0.2) is 0 Å². The summed E-state index contributed by atoms with van der Waals surface area (Å²) >= 11 is 12.5. The highest BCUT2D eigenvalue weighted by Gasteiger charge is 2.29. The highest BCUT2D eigenvalue weighted by molar-refractivity contribution is 6.37. The average Bonchev–Trinajstić information content (AvgIpc) is 3.10. The summed E-state index contributed by atoms with van der Waals surface area (Å²) in [5, 5.41) is 1.19. The Morgan fingerprint density at radius 3 is 2.43 bits per heavy atom. The van der Waals surface area contributed by atoms with Crippen LogP contribution in [-0.2, 0) is 11.3 Å². The topological polar surface area (TPSA) is 49.6 Å². The summed E-state index contributed by atoms with van der Waals surface area (Å²) in [4.78, 5) is 16.8. The van der Waals surface area contributed by atoms with Crippen LogP contribution in [0.4, 0.5) is 5.69 Å². The molecule has 23 heavy (non-hydrogen) atoms. The first-order valence-electron chi connectivity index (χ1n) is 8.29. The lowest BCUT2D eigenvalue weighted by Gasteiger charge is -2.36. The molecule has 1 amide bonds. The van der Waals surface area contributed by atoms with Crippen LogP contribution >= 0.6 is 23.2 Å². The highest BCUT2D eigenvalue weighted by atomic mass is 35.5. The van der Waals surface area contributed by atoms with E-state index in [4.69, 9.17) is 28.9 Å². The maximum Gasteiger partial charge on any atom is 0.225 e. The van der Waals surface area contributed by atoms with Crippen molar-refractivity contribution in [3.05, 3.63) is 27.7 Å². The zero-order chi connectivity index (χ0) is 16.4.